The van der Waals surface area contributed by atoms with Crippen LogP contribution in [0.3, 0.4) is 0 Å². The molecule has 0 spiro atoms. The number of carbonyl (C=O) groups excluding carboxylic acids is 2. The molecule has 2 aliphatic rings. The predicted octanol–water partition coefficient (Wildman–Crippen LogP) is 5.14. The molecule has 41 heavy (non-hydrogen) atoms. The molecule has 0 aliphatic carbocycles. The van der Waals surface area contributed by atoms with E-state index >= 15 is 4.39 Å². The number of rotatable bonds is 8. The highest BCUT2D eigenvalue weighted by Crippen LogP contribution is 2.35. The van der Waals surface area contributed by atoms with Gasteiger partial charge in [-0.3, -0.25) is 19.5 Å². The summed E-state index contributed by atoms with van der Waals surface area (Å²) >= 11 is 0. The van der Waals surface area contributed by atoms with E-state index in [1.165, 1.54) is 28.1 Å². The zero-order chi connectivity index (χ0) is 30.0. The van der Waals surface area contributed by atoms with Gasteiger partial charge >= 0.3 is 6.18 Å². The van der Waals surface area contributed by atoms with Crippen molar-refractivity contribution in [2.75, 3.05) is 32.8 Å². The third-order valence-corrected chi connectivity index (χ3v) is 8.20. The number of ether oxygens (including phenoxy) is 1. The highest BCUT2D eigenvalue weighted by molar-refractivity contribution is 5.99. The van der Waals surface area contributed by atoms with Crippen LogP contribution in [0.1, 0.15) is 56.3 Å². The summed E-state index contributed by atoms with van der Waals surface area (Å²) in [6, 6.07) is 7.51. The number of pyridine rings is 1. The molecule has 7 nitrogen and oxygen atoms in total. The van der Waals surface area contributed by atoms with Crippen molar-refractivity contribution in [3.05, 3.63) is 47.9 Å². The Kier molecular flexibility index (Phi) is 8.91. The molecule has 2 atom stereocenters. The largest absolute Gasteiger partial charge is 0.492 e. The minimum absolute atomic E-state index is 0.109. The molecule has 0 radical (unpaired) electrons. The first-order chi connectivity index (χ1) is 19.2. The number of primary amides is 1. The van der Waals surface area contributed by atoms with Crippen LogP contribution in [0.15, 0.2) is 36.5 Å². The number of likely N-dealkylation sites (tertiary alicyclic amines) is 2. The number of nitrogens with two attached hydrogens (primary N) is 1. The summed E-state index contributed by atoms with van der Waals surface area (Å²) in [7, 11) is 0. The van der Waals surface area contributed by atoms with Crippen LogP contribution in [0.4, 0.5) is 22.0 Å². The number of hydrogen-bond acceptors (Lipinski definition) is 5. The van der Waals surface area contributed by atoms with E-state index in [0.29, 0.717) is 75.9 Å². The number of carbonyl (C=O) groups is 2. The van der Waals surface area contributed by atoms with Crippen molar-refractivity contribution in [2.45, 2.75) is 63.3 Å². The molecule has 2 N–H and O–H groups in total. The van der Waals surface area contributed by atoms with E-state index in [-0.39, 0.29) is 11.5 Å². The van der Waals surface area contributed by atoms with Gasteiger partial charge in [0.15, 0.2) is 0 Å². The van der Waals surface area contributed by atoms with E-state index in [2.05, 4.69) is 4.98 Å². The van der Waals surface area contributed by atoms with Crippen molar-refractivity contribution in [1.29, 1.82) is 0 Å². The molecule has 2 aliphatic heterocycles. The minimum Gasteiger partial charge on any atom is -0.492 e. The van der Waals surface area contributed by atoms with E-state index in [9.17, 15) is 27.2 Å². The van der Waals surface area contributed by atoms with E-state index in [4.69, 9.17) is 10.5 Å². The number of aromatic nitrogens is 1. The third kappa shape index (κ3) is 6.79. The lowest BCUT2D eigenvalue weighted by Gasteiger charge is -2.42. The minimum atomic E-state index is -4.90. The van der Waals surface area contributed by atoms with Crippen molar-refractivity contribution in [3.63, 3.8) is 0 Å². The number of amides is 2. The van der Waals surface area contributed by atoms with Gasteiger partial charge < -0.3 is 15.4 Å². The summed E-state index contributed by atoms with van der Waals surface area (Å²) in [5.74, 6) is -1.35. The lowest BCUT2D eigenvalue weighted by Crippen LogP contribution is -2.59. The smallest absolute Gasteiger partial charge is 0.423 e. The quantitative estimate of drug-likeness (QED) is 0.436. The van der Waals surface area contributed by atoms with Gasteiger partial charge in [0.1, 0.15) is 17.1 Å². The summed E-state index contributed by atoms with van der Waals surface area (Å²) < 4.78 is 73.3. The fraction of sp³-hybridized carbons (Fsp3) is 0.552. The Morgan fingerprint density at radius 1 is 1.10 bits per heavy atom. The standard InChI is InChI=1S/C29H35F5N4O3/c1-27(26(35)40)11-3-4-12-38(27)25(39)22-7-5-20(15-23(22)30)24-8-6-21(16-36-24)41-17-19-9-13-37(14-10-19)18-28(2,31)29(32,33)34/h5-8,15-16,19H,3-4,9-14,17-18H2,1-2H3,(H2,35,40)/t27-,28?/m0/s1. The average molecular weight is 583 g/mol. The molecular formula is C29H35F5N4O3. The van der Waals surface area contributed by atoms with Crippen molar-refractivity contribution in [3.8, 4) is 17.0 Å². The Labute approximate surface area is 235 Å². The van der Waals surface area contributed by atoms with E-state index in [1.807, 2.05) is 0 Å². The molecule has 1 aromatic carbocycles. The van der Waals surface area contributed by atoms with Crippen LogP contribution in [-0.2, 0) is 4.79 Å². The molecule has 1 unspecified atom stereocenters. The van der Waals surface area contributed by atoms with Gasteiger partial charge in [-0.25, -0.2) is 8.78 Å². The van der Waals surface area contributed by atoms with Gasteiger partial charge in [-0.15, -0.1) is 0 Å². The highest BCUT2D eigenvalue weighted by Gasteiger charge is 2.53. The highest BCUT2D eigenvalue weighted by atomic mass is 19.4. The first-order valence-corrected chi connectivity index (χ1v) is 13.7. The molecule has 2 aromatic rings. The average Bonchev–Trinajstić information content (AvgIpc) is 2.92. The molecule has 224 valence electrons. The van der Waals surface area contributed by atoms with Crippen LogP contribution < -0.4 is 10.5 Å². The van der Waals surface area contributed by atoms with Crippen LogP contribution >= 0.6 is 0 Å². The third-order valence-electron chi connectivity index (χ3n) is 8.20. The van der Waals surface area contributed by atoms with E-state index in [0.717, 1.165) is 6.42 Å². The van der Waals surface area contributed by atoms with Gasteiger partial charge in [-0.05, 0) is 89.2 Å². The van der Waals surface area contributed by atoms with Crippen LogP contribution in [0.25, 0.3) is 11.3 Å². The summed E-state index contributed by atoms with van der Waals surface area (Å²) in [6.07, 6.45) is -0.372. The molecule has 1 aromatic heterocycles. The van der Waals surface area contributed by atoms with Gasteiger partial charge in [-0.1, -0.05) is 6.07 Å². The normalized spacial score (nSPS) is 22.3. The lowest BCUT2D eigenvalue weighted by atomic mass is 9.87. The van der Waals surface area contributed by atoms with Crippen molar-refractivity contribution in [1.82, 2.24) is 14.8 Å². The van der Waals surface area contributed by atoms with Crippen LogP contribution in [0.5, 0.6) is 5.75 Å². The second-order valence-electron chi connectivity index (χ2n) is 11.4. The van der Waals surface area contributed by atoms with Crippen molar-refractivity contribution in [2.24, 2.45) is 11.7 Å². The second-order valence-corrected chi connectivity index (χ2v) is 11.4. The summed E-state index contributed by atoms with van der Waals surface area (Å²) in [6.45, 7) is 2.85. The molecule has 3 heterocycles. The van der Waals surface area contributed by atoms with Gasteiger partial charge in [-0.2, -0.15) is 13.2 Å². The van der Waals surface area contributed by atoms with Gasteiger partial charge in [0.25, 0.3) is 5.91 Å². The van der Waals surface area contributed by atoms with Crippen molar-refractivity contribution < 1.29 is 36.3 Å². The van der Waals surface area contributed by atoms with Gasteiger partial charge in [0.05, 0.1) is 24.1 Å². The van der Waals surface area contributed by atoms with Crippen LogP contribution in [0, 0.1) is 11.7 Å². The maximum atomic E-state index is 15.1. The van der Waals surface area contributed by atoms with Crippen LogP contribution in [0.2, 0.25) is 0 Å². The van der Waals surface area contributed by atoms with Crippen LogP contribution in [-0.4, -0.2) is 76.8 Å². The topological polar surface area (TPSA) is 88.8 Å². The zero-order valence-corrected chi connectivity index (χ0v) is 23.1. The molecule has 4 rings (SSSR count). The predicted molar refractivity (Wildman–Crippen MR) is 142 cm³/mol. The Hall–Kier alpha value is -3.28. The number of alkyl halides is 4. The fourth-order valence-corrected chi connectivity index (χ4v) is 5.37. The van der Waals surface area contributed by atoms with Gasteiger partial charge in [0, 0.05) is 18.7 Å². The summed E-state index contributed by atoms with van der Waals surface area (Å²) in [4.78, 5) is 32.4. The fourth-order valence-electron chi connectivity index (χ4n) is 5.37. The number of hydrogen-bond donors (Lipinski definition) is 1. The molecule has 0 saturated carbocycles. The van der Waals surface area contributed by atoms with E-state index < -0.39 is 41.6 Å². The Morgan fingerprint density at radius 2 is 1.80 bits per heavy atom. The monoisotopic (exact) mass is 582 g/mol. The SMILES string of the molecule is CC(F)(CN1CCC(COc2ccc(-c3ccc(C(=O)N4CCCC[C@@]4(C)C(N)=O)c(F)c3)nc2)CC1)C(F)(F)F. The molecule has 2 fully saturated rings. The second kappa shape index (κ2) is 11.9. The lowest BCUT2D eigenvalue weighted by molar-refractivity contribution is -0.229. The number of halogens is 5. The Morgan fingerprint density at radius 3 is 2.39 bits per heavy atom. The number of piperidine rings is 2. The maximum absolute atomic E-state index is 15.1. The first-order valence-electron chi connectivity index (χ1n) is 13.7. The number of nitrogens with zero attached hydrogens (tertiary/aromatic N) is 3. The number of benzene rings is 1. The molecule has 2 saturated heterocycles. The summed E-state index contributed by atoms with van der Waals surface area (Å²) in [5, 5.41) is 0. The molecule has 0 bridgehead atoms. The molecular weight excluding hydrogens is 547 g/mol. The summed E-state index contributed by atoms with van der Waals surface area (Å²) in [5.41, 5.74) is 1.91. The first kappa shape index (κ1) is 30.7. The van der Waals surface area contributed by atoms with E-state index in [1.54, 1.807) is 25.1 Å². The van der Waals surface area contributed by atoms with Gasteiger partial charge in [0.2, 0.25) is 11.6 Å². The van der Waals surface area contributed by atoms with Crippen molar-refractivity contribution >= 4 is 11.8 Å². The zero-order valence-electron chi connectivity index (χ0n) is 23.1. The Bertz CT molecular complexity index is 1250. The maximum Gasteiger partial charge on any atom is 0.423 e. The molecule has 12 heteroatoms. The molecule has 2 amide bonds. The Balaban J connectivity index is 1.32.